The van der Waals surface area contributed by atoms with E-state index in [1.54, 1.807) is 18.0 Å². The summed E-state index contributed by atoms with van der Waals surface area (Å²) in [6, 6.07) is 11.9. The molecule has 0 aliphatic rings. The number of ether oxygens (including phenoxy) is 1. The van der Waals surface area contributed by atoms with Crippen LogP contribution in [0.2, 0.25) is 0 Å². The van der Waals surface area contributed by atoms with Crippen molar-refractivity contribution in [1.82, 2.24) is 10.3 Å². The molecule has 2 aromatic rings. The third kappa shape index (κ3) is 3.48. The highest BCUT2D eigenvalue weighted by molar-refractivity contribution is 7.98. The Balaban J connectivity index is 2.09. The fraction of sp³-hybridized carbons (Fsp3) is 0.214. The Bertz CT molecular complexity index is 499. The van der Waals surface area contributed by atoms with Crippen LogP contribution < -0.4 is 10.1 Å². The van der Waals surface area contributed by atoms with Crippen LogP contribution >= 0.6 is 11.8 Å². The molecular weight excluding hydrogens is 244 g/mol. The first-order chi connectivity index (χ1) is 8.81. The number of hydrogen-bond donors (Lipinski definition) is 1. The summed E-state index contributed by atoms with van der Waals surface area (Å²) in [5, 5.41) is 3.10. The highest BCUT2D eigenvalue weighted by atomic mass is 32.2. The van der Waals surface area contributed by atoms with Crippen molar-refractivity contribution in [3.63, 3.8) is 0 Å². The van der Waals surface area contributed by atoms with Gasteiger partial charge in [0.15, 0.2) is 0 Å². The third-order valence-electron chi connectivity index (χ3n) is 2.46. The van der Waals surface area contributed by atoms with Gasteiger partial charge in [0.2, 0.25) is 5.88 Å². The van der Waals surface area contributed by atoms with Crippen LogP contribution in [-0.4, -0.2) is 18.3 Å². The largest absolute Gasteiger partial charge is 0.439 e. The number of aromatic nitrogens is 1. The van der Waals surface area contributed by atoms with E-state index in [4.69, 9.17) is 4.74 Å². The lowest BCUT2D eigenvalue weighted by Crippen LogP contribution is -2.05. The van der Waals surface area contributed by atoms with Gasteiger partial charge in [0.1, 0.15) is 5.75 Å². The van der Waals surface area contributed by atoms with Gasteiger partial charge in [-0.3, -0.25) is 0 Å². The van der Waals surface area contributed by atoms with Crippen LogP contribution in [-0.2, 0) is 6.54 Å². The molecule has 0 saturated carbocycles. The Morgan fingerprint density at radius 2 is 2.00 bits per heavy atom. The molecule has 0 spiro atoms. The van der Waals surface area contributed by atoms with Gasteiger partial charge in [-0.05, 0) is 49.2 Å². The molecule has 0 aliphatic heterocycles. The van der Waals surface area contributed by atoms with E-state index in [1.807, 2.05) is 43.4 Å². The summed E-state index contributed by atoms with van der Waals surface area (Å²) in [6.07, 6.45) is 3.82. The maximum Gasteiger partial charge on any atom is 0.219 e. The zero-order valence-electron chi connectivity index (χ0n) is 10.5. The smallest absolute Gasteiger partial charge is 0.219 e. The minimum absolute atomic E-state index is 0.625. The predicted molar refractivity (Wildman–Crippen MR) is 75.3 cm³/mol. The minimum Gasteiger partial charge on any atom is -0.439 e. The van der Waals surface area contributed by atoms with Gasteiger partial charge < -0.3 is 10.1 Å². The summed E-state index contributed by atoms with van der Waals surface area (Å²) in [4.78, 5) is 5.43. The summed E-state index contributed by atoms with van der Waals surface area (Å²) in [5.41, 5.74) is 1.16. The van der Waals surface area contributed by atoms with E-state index >= 15 is 0 Å². The van der Waals surface area contributed by atoms with Crippen molar-refractivity contribution in [3.05, 3.63) is 48.2 Å². The molecule has 0 saturated heterocycles. The first-order valence-electron chi connectivity index (χ1n) is 5.73. The molecule has 0 bridgehead atoms. The maximum absolute atomic E-state index is 5.72. The quantitative estimate of drug-likeness (QED) is 0.836. The zero-order valence-corrected chi connectivity index (χ0v) is 11.3. The monoisotopic (exact) mass is 260 g/mol. The fourth-order valence-corrected chi connectivity index (χ4v) is 1.99. The van der Waals surface area contributed by atoms with E-state index in [1.165, 1.54) is 4.90 Å². The Morgan fingerprint density at radius 3 is 2.67 bits per heavy atom. The molecule has 1 aromatic heterocycles. The molecule has 18 heavy (non-hydrogen) atoms. The average molecular weight is 260 g/mol. The molecule has 0 unspecified atom stereocenters. The normalized spacial score (nSPS) is 10.3. The van der Waals surface area contributed by atoms with Gasteiger partial charge >= 0.3 is 0 Å². The van der Waals surface area contributed by atoms with E-state index in [0.29, 0.717) is 5.88 Å². The third-order valence-corrected chi connectivity index (χ3v) is 3.21. The summed E-state index contributed by atoms with van der Waals surface area (Å²) in [6.45, 7) is 0.810. The number of thioether (sulfide) groups is 1. The fourth-order valence-electron chi connectivity index (χ4n) is 1.58. The molecule has 0 atom stereocenters. The summed E-state index contributed by atoms with van der Waals surface area (Å²) in [5.74, 6) is 1.43. The van der Waals surface area contributed by atoms with Gasteiger partial charge in [0.25, 0.3) is 0 Å². The van der Waals surface area contributed by atoms with Gasteiger partial charge in [-0.25, -0.2) is 4.98 Å². The van der Waals surface area contributed by atoms with Crippen molar-refractivity contribution in [1.29, 1.82) is 0 Å². The van der Waals surface area contributed by atoms with Crippen LogP contribution in [0.25, 0.3) is 0 Å². The van der Waals surface area contributed by atoms with E-state index in [9.17, 15) is 0 Å². The molecule has 0 fully saturated rings. The van der Waals surface area contributed by atoms with Crippen molar-refractivity contribution >= 4 is 11.8 Å². The van der Waals surface area contributed by atoms with Crippen molar-refractivity contribution in [2.75, 3.05) is 13.3 Å². The molecule has 1 N–H and O–H groups in total. The summed E-state index contributed by atoms with van der Waals surface area (Å²) in [7, 11) is 1.92. The SMILES string of the molecule is CNCc1ccnc(Oc2ccc(SC)cc2)c1. The minimum atomic E-state index is 0.625. The molecule has 94 valence electrons. The first-order valence-corrected chi connectivity index (χ1v) is 6.96. The van der Waals surface area contributed by atoms with Gasteiger partial charge in [-0.2, -0.15) is 0 Å². The number of nitrogens with one attached hydrogen (secondary N) is 1. The number of rotatable bonds is 5. The molecule has 1 heterocycles. The predicted octanol–water partition coefficient (Wildman–Crippen LogP) is 3.32. The standard InChI is InChI=1S/C14H16N2OS/c1-15-10-11-7-8-16-14(9-11)17-12-3-5-13(18-2)6-4-12/h3-9,15H,10H2,1-2H3. The van der Waals surface area contributed by atoms with Crippen LogP contribution in [0.1, 0.15) is 5.56 Å². The van der Waals surface area contributed by atoms with Crippen molar-refractivity contribution < 1.29 is 4.74 Å². The lowest BCUT2D eigenvalue weighted by Gasteiger charge is -2.07. The second kappa shape index (κ2) is 6.42. The molecule has 0 radical (unpaired) electrons. The molecular formula is C14H16N2OS. The van der Waals surface area contributed by atoms with Crippen molar-refractivity contribution in [3.8, 4) is 11.6 Å². The van der Waals surface area contributed by atoms with Crippen LogP contribution in [0.4, 0.5) is 0 Å². The van der Waals surface area contributed by atoms with Crippen LogP contribution in [0.3, 0.4) is 0 Å². The Kier molecular flexibility index (Phi) is 4.61. The molecule has 3 nitrogen and oxygen atoms in total. The number of nitrogens with zero attached hydrogens (tertiary/aromatic N) is 1. The van der Waals surface area contributed by atoms with Crippen LogP contribution in [0.15, 0.2) is 47.5 Å². The van der Waals surface area contributed by atoms with Crippen molar-refractivity contribution in [2.24, 2.45) is 0 Å². The average Bonchev–Trinajstić information content (AvgIpc) is 2.40. The Labute approximate surface area is 112 Å². The molecule has 1 aromatic carbocycles. The van der Waals surface area contributed by atoms with E-state index in [2.05, 4.69) is 16.6 Å². The Morgan fingerprint density at radius 1 is 1.22 bits per heavy atom. The topological polar surface area (TPSA) is 34.2 Å². The number of hydrogen-bond acceptors (Lipinski definition) is 4. The first kappa shape index (κ1) is 12.9. The van der Waals surface area contributed by atoms with Gasteiger partial charge in [0.05, 0.1) is 0 Å². The lowest BCUT2D eigenvalue weighted by molar-refractivity contribution is 0.461. The van der Waals surface area contributed by atoms with Crippen LogP contribution in [0.5, 0.6) is 11.6 Å². The Hall–Kier alpha value is -1.52. The van der Waals surface area contributed by atoms with E-state index in [0.717, 1.165) is 17.9 Å². The van der Waals surface area contributed by atoms with Gasteiger partial charge in [-0.1, -0.05) is 0 Å². The summed E-state index contributed by atoms with van der Waals surface area (Å²) >= 11 is 1.71. The molecule has 0 amide bonds. The van der Waals surface area contributed by atoms with Crippen molar-refractivity contribution in [2.45, 2.75) is 11.4 Å². The van der Waals surface area contributed by atoms with Crippen LogP contribution in [0, 0.1) is 0 Å². The second-order valence-corrected chi connectivity index (χ2v) is 4.69. The molecule has 0 aliphatic carbocycles. The highest BCUT2D eigenvalue weighted by Gasteiger charge is 2.00. The number of pyridine rings is 1. The molecule has 2 rings (SSSR count). The van der Waals surface area contributed by atoms with Gasteiger partial charge in [-0.15, -0.1) is 11.8 Å². The van der Waals surface area contributed by atoms with Gasteiger partial charge in [0, 0.05) is 23.7 Å². The lowest BCUT2D eigenvalue weighted by atomic mass is 10.2. The summed E-state index contributed by atoms with van der Waals surface area (Å²) < 4.78 is 5.72. The van der Waals surface area contributed by atoms with E-state index < -0.39 is 0 Å². The zero-order chi connectivity index (χ0) is 12.8. The highest BCUT2D eigenvalue weighted by Crippen LogP contribution is 2.23. The maximum atomic E-state index is 5.72. The molecule has 4 heteroatoms. The second-order valence-electron chi connectivity index (χ2n) is 3.81. The number of benzene rings is 1. The van der Waals surface area contributed by atoms with E-state index in [-0.39, 0.29) is 0 Å².